The second kappa shape index (κ2) is 55.4. The minimum absolute atomic E-state index is 0.00463. The fourth-order valence-electron chi connectivity index (χ4n) is 9.46. The molecular weight excluding hydrogens is 1600 g/mol. The van der Waals surface area contributed by atoms with E-state index in [1.54, 1.807) is 198 Å². The number of nitro groups is 1. The fraction of sp³-hybridized carbons (Fsp3) is 0.477. The number of esters is 8. The summed E-state index contributed by atoms with van der Waals surface area (Å²) in [5, 5.41) is 49.1. The van der Waals surface area contributed by atoms with Crippen LogP contribution in [0.5, 0.6) is 23.0 Å². The second-order valence-electron chi connectivity index (χ2n) is 29.7. The van der Waals surface area contributed by atoms with Crippen LogP contribution in [0.25, 0.3) is 0 Å². The lowest BCUT2D eigenvalue weighted by molar-refractivity contribution is -0.384. The third-order valence-electron chi connectivity index (χ3n) is 17.0. The van der Waals surface area contributed by atoms with Crippen LogP contribution in [0.15, 0.2) is 157 Å². The van der Waals surface area contributed by atoms with Crippen molar-refractivity contribution in [1.82, 2.24) is 9.80 Å². The molecule has 1 heterocycles. The summed E-state index contributed by atoms with van der Waals surface area (Å²) in [5.41, 5.74) is 4.19. The Morgan fingerprint density at radius 2 is 0.769 bits per heavy atom. The van der Waals surface area contributed by atoms with Gasteiger partial charge >= 0.3 is 59.8 Å². The van der Waals surface area contributed by atoms with Gasteiger partial charge < -0.3 is 82.3 Å². The smallest absolute Gasteiger partial charge is 0.415 e. The van der Waals surface area contributed by atoms with Crippen LogP contribution in [0.4, 0.5) is 10.5 Å². The highest BCUT2D eigenvalue weighted by Gasteiger charge is 2.47. The Bertz CT molecular complexity index is 4260. The number of sulfone groups is 1. The molecule has 2 fully saturated rings. The van der Waals surface area contributed by atoms with Crippen molar-refractivity contribution in [2.24, 2.45) is 47.3 Å². The van der Waals surface area contributed by atoms with Gasteiger partial charge in [0.2, 0.25) is 0 Å². The highest BCUT2D eigenvalue weighted by atomic mass is 32.2. The third kappa shape index (κ3) is 42.4. The number of carboxylic acid groups (broad SMARTS) is 1. The Kier molecular flexibility index (Phi) is 48.4. The van der Waals surface area contributed by atoms with Crippen molar-refractivity contribution in [3.05, 3.63) is 190 Å². The number of carbonyl (C=O) groups is 10. The minimum atomic E-state index is -3.36. The summed E-state index contributed by atoms with van der Waals surface area (Å²) >= 11 is 0. The highest BCUT2D eigenvalue weighted by Crippen LogP contribution is 2.30. The highest BCUT2D eigenvalue weighted by molar-refractivity contribution is 7.91. The van der Waals surface area contributed by atoms with Crippen molar-refractivity contribution in [1.29, 1.82) is 0 Å². The first-order valence-electron chi connectivity index (χ1n) is 39.2. The minimum Gasteiger partial charge on any atom is -0.497 e. The molecule has 6 aromatic carbocycles. The number of likely N-dealkylation sites (N-methyl/N-ethyl adjacent to an activating group) is 1. The summed E-state index contributed by atoms with van der Waals surface area (Å²) in [6.45, 7) is 30.1. The molecule has 0 spiro atoms. The van der Waals surface area contributed by atoms with Gasteiger partial charge in [0.25, 0.3) is 5.69 Å². The SMILES string of the molecule is CC(=O)Oc1ccc(COC(=O)C(C)C)cc1.CC(C)C(=O)OCCS(=O)(=O)c1ccccc1.CC(C)C(=O)OCc1ccc(OC(=O)N2CCN(C)CC2)cc1.CC(C)C(=O)OCc1ccc(O[C@@H]2C[C@H](C(=O)O)[C@@H](O)[C@H](O)[C@H]2O)cc1.CC(C)C(=O)OCc1ccc([N+](=O)[O-])cc1.COC(=O)C(C)C.COc1ccc(COC(=O)C(C)C)cc1. The maximum atomic E-state index is 12.1. The van der Waals surface area contributed by atoms with Crippen LogP contribution in [0, 0.1) is 57.5 Å². The molecule has 0 bridgehead atoms. The van der Waals surface area contributed by atoms with Gasteiger partial charge in [0.05, 0.1) is 83.2 Å². The maximum absolute atomic E-state index is 12.1. The number of nitro benzene ring substituents is 1. The third-order valence-corrected chi connectivity index (χ3v) is 18.7. The molecule has 1 aliphatic carbocycles. The molecule has 0 aromatic heterocycles. The van der Waals surface area contributed by atoms with Crippen LogP contribution < -0.4 is 18.9 Å². The largest absolute Gasteiger partial charge is 0.497 e. The molecule has 4 N–H and O–H groups in total. The van der Waals surface area contributed by atoms with E-state index in [-0.39, 0.29) is 151 Å². The predicted molar refractivity (Wildman–Crippen MR) is 444 cm³/mol. The van der Waals surface area contributed by atoms with Crippen LogP contribution in [-0.2, 0) is 119 Å². The van der Waals surface area contributed by atoms with Crippen LogP contribution in [0.1, 0.15) is 138 Å². The Hall–Kier alpha value is -11.4. The topological polar surface area (TPSA) is 437 Å². The molecule has 1 amide bonds. The lowest BCUT2D eigenvalue weighted by atomic mass is 9.81. The van der Waals surface area contributed by atoms with E-state index in [9.17, 15) is 81.8 Å². The van der Waals surface area contributed by atoms with Gasteiger partial charge in [0, 0.05) is 51.7 Å². The average molecular weight is 1710 g/mol. The zero-order valence-electron chi connectivity index (χ0n) is 72.1. The molecule has 666 valence electrons. The molecular formula is C88H119N3O29S. The first-order valence-corrected chi connectivity index (χ1v) is 40.8. The van der Waals surface area contributed by atoms with Crippen molar-refractivity contribution < 1.29 is 134 Å². The number of aliphatic hydroxyl groups excluding tert-OH is 3. The van der Waals surface area contributed by atoms with Gasteiger partial charge in [-0.15, -0.1) is 0 Å². The fourth-order valence-corrected chi connectivity index (χ4v) is 10.6. The summed E-state index contributed by atoms with van der Waals surface area (Å²) in [6, 6.07) is 41.9. The molecule has 1 saturated carbocycles. The number of methoxy groups -OCH3 is 2. The van der Waals surface area contributed by atoms with Gasteiger partial charge in [-0.1, -0.05) is 164 Å². The number of nitrogens with zero attached hydrogens (tertiary/aromatic N) is 3. The number of amides is 1. The van der Waals surface area contributed by atoms with E-state index < -0.39 is 51.1 Å². The van der Waals surface area contributed by atoms with E-state index in [0.29, 0.717) is 36.9 Å². The Morgan fingerprint density at radius 1 is 0.438 bits per heavy atom. The van der Waals surface area contributed by atoms with Gasteiger partial charge in [0.1, 0.15) is 81.0 Å². The number of rotatable bonds is 28. The summed E-state index contributed by atoms with van der Waals surface area (Å²) in [4.78, 5) is 126. The van der Waals surface area contributed by atoms with Crippen molar-refractivity contribution in [2.75, 3.05) is 59.8 Å². The summed E-state index contributed by atoms with van der Waals surface area (Å²) in [5.74, 6) is -3.61. The number of benzene rings is 6. The van der Waals surface area contributed by atoms with E-state index in [1.165, 1.54) is 38.3 Å². The van der Waals surface area contributed by atoms with E-state index in [4.69, 9.17) is 52.5 Å². The van der Waals surface area contributed by atoms with E-state index in [2.05, 4.69) is 9.64 Å². The molecule has 6 aromatic rings. The molecule has 121 heavy (non-hydrogen) atoms. The first-order chi connectivity index (χ1) is 56.9. The lowest BCUT2D eigenvalue weighted by Gasteiger charge is -2.38. The molecule has 8 rings (SSSR count). The zero-order chi connectivity index (χ0) is 91.2. The standard InChI is InChI=1S/C18H24O8.C17H24N2O4.C13H16O4.C12H16O4S.C12H16O3.C11H13NO4.C5H10O2/c1-9(2)18(24)25-8-10-3-5-11(6-4-10)26-13-7-12(17(22)23)14(19)16(21)15(13)20;1-13(2)16(20)22-12-14-4-6-15(7-5-14)23-17(21)19-10-8-18(3)9-11-19;1-9(2)13(15)16-8-11-4-6-12(7-5-11)17-10(3)14;1-10(2)12(13)16-8-9-17(14,15)11-6-4-3-5-7-11;1-9(2)12(13)15-8-10-4-6-11(14-3)7-5-10;1-8(2)11(13)16-7-9-3-5-10(6-4-9)12(14)15;1-4(2)5(6)7-3/h3-6,9,12-16,19-21H,7-8H2,1-2H3,(H,22,23);4-7,13H,8-12H2,1-3H3;4-7,9H,8H2,1-3H3;3-7,10H,8-9H2,1-2H3;4-7,9H,8H2,1-3H3;3-6,8H,7H2,1-2H3;4H,1-3H3/t12-,13+,14+,15-,16-;;;;;;/m0....../s1. The van der Waals surface area contributed by atoms with Gasteiger partial charge in [0.15, 0.2) is 9.84 Å². The lowest BCUT2D eigenvalue weighted by Crippen LogP contribution is -2.57. The van der Waals surface area contributed by atoms with Crippen molar-refractivity contribution in [2.45, 2.75) is 173 Å². The van der Waals surface area contributed by atoms with Gasteiger partial charge in [-0.25, -0.2) is 13.2 Å². The molecule has 1 saturated heterocycles. The maximum Gasteiger partial charge on any atom is 0.415 e. The Balaban J connectivity index is 0.000000489. The van der Waals surface area contributed by atoms with Crippen molar-refractivity contribution in [3.63, 3.8) is 0 Å². The number of hydrogen-bond acceptors (Lipinski definition) is 29. The van der Waals surface area contributed by atoms with E-state index >= 15 is 0 Å². The van der Waals surface area contributed by atoms with Gasteiger partial charge in [-0.2, -0.15) is 0 Å². The van der Waals surface area contributed by atoms with Crippen molar-refractivity contribution >= 4 is 75.3 Å². The van der Waals surface area contributed by atoms with Crippen LogP contribution in [-0.4, -0.2) is 188 Å². The van der Waals surface area contributed by atoms with Crippen molar-refractivity contribution in [3.8, 4) is 23.0 Å². The number of carboxylic acids is 1. The molecule has 0 radical (unpaired) electrons. The first kappa shape index (κ1) is 106. The number of ether oxygens (including phenoxy) is 11. The summed E-state index contributed by atoms with van der Waals surface area (Å²) < 4.78 is 79.1. The van der Waals surface area contributed by atoms with Gasteiger partial charge in [-0.05, 0) is 108 Å². The average Bonchev–Trinajstić information content (AvgIpc) is 0.914. The van der Waals surface area contributed by atoms with E-state index in [1.807, 2.05) is 45.2 Å². The number of non-ortho nitro benzene ring substituents is 1. The summed E-state index contributed by atoms with van der Waals surface area (Å²) in [6.07, 6.45) is -6.00. The quantitative estimate of drug-likeness (QED) is 0.0116. The van der Waals surface area contributed by atoms with Crippen LogP contribution in [0.3, 0.4) is 0 Å². The number of piperazine rings is 1. The Morgan fingerprint density at radius 3 is 1.08 bits per heavy atom. The molecule has 5 atom stereocenters. The number of carbonyl (C=O) groups excluding carboxylic acids is 9. The summed E-state index contributed by atoms with van der Waals surface area (Å²) in [7, 11) is 1.69. The second-order valence-corrected chi connectivity index (χ2v) is 31.8. The van der Waals surface area contributed by atoms with E-state index in [0.717, 1.165) is 46.7 Å². The van der Waals surface area contributed by atoms with Crippen LogP contribution >= 0.6 is 0 Å². The zero-order valence-corrected chi connectivity index (χ0v) is 72.9. The Labute approximate surface area is 708 Å². The molecule has 2 aliphatic rings. The monoisotopic (exact) mass is 1710 g/mol. The molecule has 33 heteroatoms. The number of aliphatic hydroxyl groups is 3. The molecule has 1 aliphatic heterocycles. The predicted octanol–water partition coefficient (Wildman–Crippen LogP) is 11.9. The van der Waals surface area contributed by atoms with Gasteiger partial charge in [-0.3, -0.25) is 53.3 Å². The molecule has 32 nitrogen and oxygen atoms in total. The van der Waals surface area contributed by atoms with Crippen LogP contribution in [0.2, 0.25) is 0 Å². The number of aliphatic carboxylic acids is 1. The molecule has 0 unspecified atom stereocenters. The normalized spacial score (nSPS) is 15.3. The number of hydrogen-bond donors (Lipinski definition) is 4.